The Bertz CT molecular complexity index is 209. The van der Waals surface area contributed by atoms with Crippen LogP contribution in [0.4, 0.5) is 0 Å². The highest BCUT2D eigenvalue weighted by molar-refractivity contribution is 5.86. The molecule has 0 aliphatic carbocycles. The van der Waals surface area contributed by atoms with Crippen molar-refractivity contribution >= 4 is 5.97 Å². The highest BCUT2D eigenvalue weighted by Crippen LogP contribution is 2.11. The minimum absolute atomic E-state index is 0.263. The molecule has 0 amide bonds. The van der Waals surface area contributed by atoms with Crippen LogP contribution in [-0.4, -0.2) is 18.1 Å². The molecule has 0 aliphatic rings. The van der Waals surface area contributed by atoms with Crippen molar-refractivity contribution in [1.29, 1.82) is 0 Å². The molecule has 0 aromatic heterocycles. The first-order valence-corrected chi connectivity index (χ1v) is 5.00. The summed E-state index contributed by atoms with van der Waals surface area (Å²) in [6, 6.07) is 0. The molecule has 0 aromatic rings. The molecule has 1 unspecified atom stereocenters. The Kier molecular flexibility index (Phi) is 5.46. The van der Waals surface area contributed by atoms with Gasteiger partial charge in [0.1, 0.15) is 6.61 Å². The molecule has 0 spiro atoms. The molecule has 3 heteroatoms. The maximum Gasteiger partial charge on any atom is 0.333 e. The second kappa shape index (κ2) is 5.81. The summed E-state index contributed by atoms with van der Waals surface area (Å²) in [7, 11) is 0. The van der Waals surface area contributed by atoms with Gasteiger partial charge in [0.15, 0.2) is 0 Å². The lowest BCUT2D eigenvalue weighted by Gasteiger charge is -2.23. The minimum atomic E-state index is -0.416. The van der Waals surface area contributed by atoms with Gasteiger partial charge in [-0.25, -0.2) is 4.79 Å². The van der Waals surface area contributed by atoms with E-state index in [1.807, 2.05) is 6.92 Å². The Morgan fingerprint density at radius 2 is 2.14 bits per heavy atom. The van der Waals surface area contributed by atoms with Crippen LogP contribution in [0, 0.1) is 0 Å². The lowest BCUT2D eigenvalue weighted by Crippen LogP contribution is -2.41. The highest BCUT2D eigenvalue weighted by atomic mass is 16.5. The molecule has 0 saturated carbocycles. The maximum absolute atomic E-state index is 11.1. The first kappa shape index (κ1) is 13.2. The predicted molar refractivity (Wildman–Crippen MR) is 57.9 cm³/mol. The van der Waals surface area contributed by atoms with Crippen LogP contribution in [0.3, 0.4) is 0 Å². The van der Waals surface area contributed by atoms with Crippen LogP contribution in [0.15, 0.2) is 12.2 Å². The molecule has 14 heavy (non-hydrogen) atoms. The summed E-state index contributed by atoms with van der Waals surface area (Å²) >= 11 is 0. The second-order valence-corrected chi connectivity index (χ2v) is 4.11. The number of hydrogen-bond donors (Lipinski definition) is 1. The molecule has 0 saturated heterocycles. The Morgan fingerprint density at radius 1 is 1.57 bits per heavy atom. The van der Waals surface area contributed by atoms with Crippen LogP contribution in [-0.2, 0) is 9.53 Å². The third kappa shape index (κ3) is 5.75. The standard InChI is InChI=1S/C11H21NO2/c1-5-6-7-11(4,12)8-14-10(13)9(2)3/h2,5-8,12H2,1,3-4H3. The number of carbonyl (C=O) groups excluding carboxylic acids is 1. The predicted octanol–water partition coefficient (Wildman–Crippen LogP) is 2.01. The maximum atomic E-state index is 11.1. The fraction of sp³-hybridized carbons (Fsp3) is 0.727. The summed E-state index contributed by atoms with van der Waals surface area (Å²) in [6.07, 6.45) is 3.02. The Hall–Kier alpha value is -0.830. The van der Waals surface area contributed by atoms with Crippen molar-refractivity contribution in [3.05, 3.63) is 12.2 Å². The van der Waals surface area contributed by atoms with Crippen molar-refractivity contribution in [2.75, 3.05) is 6.61 Å². The van der Waals surface area contributed by atoms with Crippen LogP contribution >= 0.6 is 0 Å². The molecule has 3 nitrogen and oxygen atoms in total. The third-order valence-electron chi connectivity index (χ3n) is 1.98. The lowest BCUT2D eigenvalue weighted by molar-refractivity contribution is -0.140. The number of carbonyl (C=O) groups is 1. The normalized spacial score (nSPS) is 14.6. The number of esters is 1. The zero-order chi connectivity index (χ0) is 11.2. The third-order valence-corrected chi connectivity index (χ3v) is 1.98. The van der Waals surface area contributed by atoms with E-state index in [0.29, 0.717) is 5.57 Å². The summed E-state index contributed by atoms with van der Waals surface area (Å²) in [5, 5.41) is 0. The first-order chi connectivity index (χ1) is 6.39. The van der Waals surface area contributed by atoms with Crippen molar-refractivity contribution in [3.8, 4) is 0 Å². The number of nitrogens with two attached hydrogens (primary N) is 1. The largest absolute Gasteiger partial charge is 0.460 e. The number of hydrogen-bond acceptors (Lipinski definition) is 3. The van der Waals surface area contributed by atoms with Gasteiger partial charge in [0, 0.05) is 11.1 Å². The van der Waals surface area contributed by atoms with Crippen LogP contribution in [0.2, 0.25) is 0 Å². The van der Waals surface area contributed by atoms with Gasteiger partial charge in [0.25, 0.3) is 0 Å². The van der Waals surface area contributed by atoms with Gasteiger partial charge in [-0.15, -0.1) is 0 Å². The van der Waals surface area contributed by atoms with E-state index in [0.717, 1.165) is 19.3 Å². The van der Waals surface area contributed by atoms with E-state index >= 15 is 0 Å². The van der Waals surface area contributed by atoms with Crippen molar-refractivity contribution in [3.63, 3.8) is 0 Å². The fourth-order valence-electron chi connectivity index (χ4n) is 1.01. The van der Waals surface area contributed by atoms with Gasteiger partial charge in [-0.05, 0) is 20.3 Å². The lowest BCUT2D eigenvalue weighted by atomic mass is 9.97. The smallest absolute Gasteiger partial charge is 0.333 e. The average molecular weight is 199 g/mol. The van der Waals surface area contributed by atoms with Gasteiger partial charge in [-0.3, -0.25) is 0 Å². The van der Waals surface area contributed by atoms with Crippen molar-refractivity contribution in [1.82, 2.24) is 0 Å². The number of rotatable bonds is 6. The topological polar surface area (TPSA) is 52.3 Å². The van der Waals surface area contributed by atoms with E-state index in [4.69, 9.17) is 10.5 Å². The molecule has 0 aliphatic heterocycles. The fourth-order valence-corrected chi connectivity index (χ4v) is 1.01. The Balaban J connectivity index is 3.86. The van der Waals surface area contributed by atoms with Gasteiger partial charge < -0.3 is 10.5 Å². The second-order valence-electron chi connectivity index (χ2n) is 4.11. The van der Waals surface area contributed by atoms with E-state index < -0.39 is 5.54 Å². The molecule has 0 heterocycles. The summed E-state index contributed by atoms with van der Waals surface area (Å²) in [5.74, 6) is -0.363. The molecule has 1 atom stereocenters. The summed E-state index contributed by atoms with van der Waals surface area (Å²) < 4.78 is 5.00. The molecule has 0 fully saturated rings. The quantitative estimate of drug-likeness (QED) is 0.526. The molecule has 2 N–H and O–H groups in total. The molecular weight excluding hydrogens is 178 g/mol. The van der Waals surface area contributed by atoms with E-state index in [-0.39, 0.29) is 12.6 Å². The van der Waals surface area contributed by atoms with E-state index in [9.17, 15) is 4.79 Å². The van der Waals surface area contributed by atoms with Crippen LogP contribution < -0.4 is 5.73 Å². The number of ether oxygens (including phenoxy) is 1. The van der Waals surface area contributed by atoms with Crippen LogP contribution in [0.1, 0.15) is 40.0 Å². The van der Waals surface area contributed by atoms with E-state index in [2.05, 4.69) is 13.5 Å². The van der Waals surface area contributed by atoms with Crippen molar-refractivity contribution in [2.24, 2.45) is 5.73 Å². The summed E-state index contributed by atoms with van der Waals surface area (Å²) in [4.78, 5) is 11.1. The zero-order valence-electron chi connectivity index (χ0n) is 9.43. The van der Waals surface area contributed by atoms with Gasteiger partial charge in [-0.2, -0.15) is 0 Å². The SMILES string of the molecule is C=C(C)C(=O)OCC(C)(N)CCCC. The molecule has 0 rings (SSSR count). The average Bonchev–Trinajstić information content (AvgIpc) is 2.11. The molecule has 0 aromatic carbocycles. The number of unbranched alkanes of at least 4 members (excludes halogenated alkanes) is 1. The van der Waals surface area contributed by atoms with Crippen LogP contribution in [0.25, 0.3) is 0 Å². The van der Waals surface area contributed by atoms with E-state index in [1.54, 1.807) is 6.92 Å². The summed E-state index contributed by atoms with van der Waals surface area (Å²) in [5.41, 5.74) is 5.94. The van der Waals surface area contributed by atoms with Gasteiger partial charge in [-0.1, -0.05) is 26.3 Å². The highest BCUT2D eigenvalue weighted by Gasteiger charge is 2.20. The first-order valence-electron chi connectivity index (χ1n) is 5.00. The zero-order valence-corrected chi connectivity index (χ0v) is 9.43. The molecular formula is C11H21NO2. The van der Waals surface area contributed by atoms with Gasteiger partial charge >= 0.3 is 5.97 Å². The van der Waals surface area contributed by atoms with Gasteiger partial charge in [0.2, 0.25) is 0 Å². The molecule has 0 radical (unpaired) electrons. The minimum Gasteiger partial charge on any atom is -0.460 e. The van der Waals surface area contributed by atoms with Crippen LogP contribution in [0.5, 0.6) is 0 Å². The molecule has 82 valence electrons. The van der Waals surface area contributed by atoms with Crippen molar-refractivity contribution in [2.45, 2.75) is 45.6 Å². The van der Waals surface area contributed by atoms with Crippen molar-refractivity contribution < 1.29 is 9.53 Å². The summed E-state index contributed by atoms with van der Waals surface area (Å²) in [6.45, 7) is 9.40. The molecule has 0 bridgehead atoms. The van der Waals surface area contributed by atoms with E-state index in [1.165, 1.54) is 0 Å². The Labute approximate surface area is 86.3 Å². The van der Waals surface area contributed by atoms with Gasteiger partial charge in [0.05, 0.1) is 0 Å². The Morgan fingerprint density at radius 3 is 2.57 bits per heavy atom. The monoisotopic (exact) mass is 199 g/mol.